The van der Waals surface area contributed by atoms with Gasteiger partial charge in [-0.05, 0) is 44.0 Å². The molecule has 8 heteroatoms. The fraction of sp³-hybridized carbons (Fsp3) is 0.286. The second-order valence-corrected chi connectivity index (χ2v) is 9.98. The molecule has 4 atom stereocenters. The van der Waals surface area contributed by atoms with E-state index in [0.717, 1.165) is 0 Å². The van der Waals surface area contributed by atoms with Gasteiger partial charge >= 0.3 is 0 Å². The number of fused-ring (bicyclic) bond motifs is 6. The average molecular weight is 482 g/mol. The van der Waals surface area contributed by atoms with Crippen LogP contribution < -0.4 is 10.2 Å². The third kappa shape index (κ3) is 2.99. The summed E-state index contributed by atoms with van der Waals surface area (Å²) >= 11 is 0. The summed E-state index contributed by atoms with van der Waals surface area (Å²) in [5.74, 6) is -2.69. The Morgan fingerprint density at radius 1 is 1.06 bits per heavy atom. The van der Waals surface area contributed by atoms with Crippen LogP contribution in [0.25, 0.3) is 10.8 Å². The van der Waals surface area contributed by atoms with Crippen LogP contribution in [-0.2, 0) is 19.1 Å². The largest absolute Gasteiger partial charge is 0.506 e. The molecule has 0 radical (unpaired) electrons. The van der Waals surface area contributed by atoms with E-state index in [1.807, 2.05) is 13.0 Å². The summed E-state index contributed by atoms with van der Waals surface area (Å²) in [6, 6.07) is 19.0. The van der Waals surface area contributed by atoms with Crippen molar-refractivity contribution in [3.8, 4) is 11.8 Å². The van der Waals surface area contributed by atoms with Crippen LogP contribution in [0.5, 0.6) is 5.75 Å². The van der Waals surface area contributed by atoms with Crippen molar-refractivity contribution in [2.24, 2.45) is 11.8 Å². The molecule has 8 nitrogen and oxygen atoms in total. The predicted molar refractivity (Wildman–Crippen MR) is 131 cm³/mol. The second kappa shape index (κ2) is 7.64. The Bertz CT molecular complexity index is 1510. The van der Waals surface area contributed by atoms with Crippen LogP contribution in [0.2, 0.25) is 0 Å². The highest BCUT2D eigenvalue weighted by Gasteiger charge is 2.74. The van der Waals surface area contributed by atoms with Crippen molar-refractivity contribution in [1.82, 2.24) is 0 Å². The van der Waals surface area contributed by atoms with Gasteiger partial charge in [-0.2, -0.15) is 5.26 Å². The smallest absolute Gasteiger partial charge is 0.240 e. The summed E-state index contributed by atoms with van der Waals surface area (Å²) in [6.07, 6.45) is 0.915. The molecule has 0 aromatic heterocycles. The number of benzene rings is 3. The summed E-state index contributed by atoms with van der Waals surface area (Å²) in [7, 11) is 0. The van der Waals surface area contributed by atoms with Crippen LogP contribution in [0.3, 0.4) is 0 Å². The third-order valence-electron chi connectivity index (χ3n) is 7.91. The van der Waals surface area contributed by atoms with Gasteiger partial charge in [0.1, 0.15) is 5.75 Å². The van der Waals surface area contributed by atoms with Gasteiger partial charge in [0.2, 0.25) is 17.7 Å². The monoisotopic (exact) mass is 481 g/mol. The summed E-state index contributed by atoms with van der Waals surface area (Å²) in [5, 5.41) is 23.6. The van der Waals surface area contributed by atoms with Crippen LogP contribution in [-0.4, -0.2) is 34.0 Å². The molecule has 0 saturated carbocycles. The van der Waals surface area contributed by atoms with E-state index < -0.39 is 34.9 Å². The fourth-order valence-electron chi connectivity index (χ4n) is 6.37. The van der Waals surface area contributed by atoms with Gasteiger partial charge in [-0.15, -0.1) is 0 Å². The van der Waals surface area contributed by atoms with Crippen LogP contribution in [0.4, 0.5) is 11.4 Å². The Hall–Kier alpha value is -4.22. The molecule has 3 aliphatic rings. The summed E-state index contributed by atoms with van der Waals surface area (Å²) in [4.78, 5) is 42.0. The number of phenols is 1. The topological polar surface area (TPSA) is 120 Å². The molecular weight excluding hydrogens is 458 g/mol. The number of anilines is 2. The summed E-state index contributed by atoms with van der Waals surface area (Å²) in [6.45, 7) is 1.84. The first-order valence-electron chi connectivity index (χ1n) is 11.9. The Morgan fingerprint density at radius 2 is 1.75 bits per heavy atom. The molecule has 3 aromatic rings. The molecule has 2 bridgehead atoms. The fourth-order valence-corrected chi connectivity index (χ4v) is 6.37. The minimum absolute atomic E-state index is 0.0594. The van der Waals surface area contributed by atoms with Crippen molar-refractivity contribution in [2.75, 3.05) is 10.2 Å². The van der Waals surface area contributed by atoms with E-state index in [4.69, 9.17) is 4.74 Å². The van der Waals surface area contributed by atoms with Gasteiger partial charge in [-0.1, -0.05) is 36.4 Å². The first kappa shape index (κ1) is 22.3. The van der Waals surface area contributed by atoms with E-state index in [9.17, 15) is 24.8 Å². The number of hydrogen-bond donors (Lipinski definition) is 2. The van der Waals surface area contributed by atoms with E-state index in [2.05, 4.69) is 11.4 Å². The Kier molecular flexibility index (Phi) is 4.72. The maximum Gasteiger partial charge on any atom is 0.240 e. The minimum atomic E-state index is -1.11. The lowest BCUT2D eigenvalue weighted by Crippen LogP contribution is -2.44. The van der Waals surface area contributed by atoms with Gasteiger partial charge in [-0.25, -0.2) is 4.90 Å². The van der Waals surface area contributed by atoms with E-state index in [0.29, 0.717) is 34.9 Å². The Labute approximate surface area is 207 Å². The van der Waals surface area contributed by atoms with Crippen LogP contribution >= 0.6 is 0 Å². The van der Waals surface area contributed by atoms with E-state index in [-0.39, 0.29) is 23.8 Å². The molecule has 180 valence electrons. The lowest BCUT2D eigenvalue weighted by atomic mass is 9.67. The van der Waals surface area contributed by atoms with Crippen molar-refractivity contribution in [3.63, 3.8) is 0 Å². The molecule has 2 N–H and O–H groups in total. The van der Waals surface area contributed by atoms with Gasteiger partial charge in [-0.3, -0.25) is 14.4 Å². The number of rotatable bonds is 4. The minimum Gasteiger partial charge on any atom is -0.506 e. The lowest BCUT2D eigenvalue weighted by Gasteiger charge is -2.30. The molecule has 6 rings (SSSR count). The number of para-hydroxylation sites is 2. The number of phenolic OH excluding ortho intramolecular Hbond substituents is 1. The molecule has 3 heterocycles. The standard InChI is InChI=1S/C28H23N3O5/c1-27-12-13-28(36-27,14-22(33)30-19-8-4-5-9-21(19)32)24-23(27)25(34)31(26(24)35)20-11-10-16(15-29)17-6-2-3-7-18(17)20/h2-11,23-24,32H,12-14H2,1H3,(H,30,33)/t23-,24+,27?,28?/m1/s1. The van der Waals surface area contributed by atoms with Gasteiger partial charge in [0.25, 0.3) is 0 Å². The molecule has 3 saturated heterocycles. The number of nitriles is 1. The van der Waals surface area contributed by atoms with Crippen LogP contribution in [0.1, 0.15) is 31.7 Å². The molecule has 3 amide bonds. The lowest BCUT2D eigenvalue weighted by molar-refractivity contribution is -0.133. The highest BCUT2D eigenvalue weighted by molar-refractivity contribution is 6.26. The number of ether oxygens (including phenoxy) is 1. The van der Waals surface area contributed by atoms with Gasteiger partial charge in [0, 0.05) is 10.8 Å². The molecule has 0 aliphatic carbocycles. The maximum atomic E-state index is 13.9. The summed E-state index contributed by atoms with van der Waals surface area (Å²) < 4.78 is 6.37. The molecule has 0 spiro atoms. The van der Waals surface area contributed by atoms with Crippen molar-refractivity contribution >= 4 is 39.9 Å². The van der Waals surface area contributed by atoms with E-state index >= 15 is 0 Å². The zero-order valence-electron chi connectivity index (χ0n) is 19.5. The zero-order valence-corrected chi connectivity index (χ0v) is 19.5. The van der Waals surface area contributed by atoms with Crippen molar-refractivity contribution in [3.05, 3.63) is 66.2 Å². The molecule has 3 aliphatic heterocycles. The highest BCUT2D eigenvalue weighted by Crippen LogP contribution is 2.62. The van der Waals surface area contributed by atoms with Crippen LogP contribution in [0, 0.1) is 23.2 Å². The van der Waals surface area contributed by atoms with Gasteiger partial charge in [0.05, 0.1) is 52.5 Å². The number of aromatic hydroxyl groups is 1. The first-order chi connectivity index (χ1) is 17.3. The number of imide groups is 1. The number of nitrogens with one attached hydrogen (secondary N) is 1. The van der Waals surface area contributed by atoms with Crippen molar-refractivity contribution < 1.29 is 24.2 Å². The SMILES string of the molecule is CC12CCC(CC(=O)Nc3ccccc3O)(O1)[C@@H]1C(=O)N(c3ccc(C#N)c4ccccc34)C(=O)[C@@H]12. The average Bonchev–Trinajstić information content (AvgIpc) is 3.44. The third-order valence-corrected chi connectivity index (χ3v) is 7.91. The highest BCUT2D eigenvalue weighted by atomic mass is 16.5. The quantitative estimate of drug-likeness (QED) is 0.431. The van der Waals surface area contributed by atoms with Gasteiger partial charge < -0.3 is 15.2 Å². The van der Waals surface area contributed by atoms with E-state index in [1.54, 1.807) is 48.5 Å². The molecular formula is C28H23N3O5. The number of nitrogens with zero attached hydrogens (tertiary/aromatic N) is 2. The normalized spacial score (nSPS) is 28.4. The van der Waals surface area contributed by atoms with Gasteiger partial charge in [0.15, 0.2) is 0 Å². The zero-order chi connectivity index (χ0) is 25.2. The van der Waals surface area contributed by atoms with Crippen LogP contribution in [0.15, 0.2) is 60.7 Å². The van der Waals surface area contributed by atoms with Crippen molar-refractivity contribution in [2.45, 2.75) is 37.4 Å². The number of carbonyl (C=O) groups excluding carboxylic acids is 3. The summed E-state index contributed by atoms with van der Waals surface area (Å²) in [5.41, 5.74) is -0.803. The second-order valence-electron chi connectivity index (χ2n) is 9.98. The Balaban J connectivity index is 1.37. The number of carbonyl (C=O) groups is 3. The molecule has 2 unspecified atom stereocenters. The Morgan fingerprint density at radius 3 is 2.50 bits per heavy atom. The van der Waals surface area contributed by atoms with E-state index in [1.165, 1.54) is 11.0 Å². The molecule has 3 aromatic carbocycles. The molecule has 3 fully saturated rings. The maximum absolute atomic E-state index is 13.9. The number of amides is 3. The first-order valence-corrected chi connectivity index (χ1v) is 11.9. The number of hydrogen-bond acceptors (Lipinski definition) is 6. The van der Waals surface area contributed by atoms with Crippen molar-refractivity contribution in [1.29, 1.82) is 5.26 Å². The molecule has 36 heavy (non-hydrogen) atoms. The predicted octanol–water partition coefficient (Wildman–Crippen LogP) is 3.87.